The average Bonchev–Trinajstić information content (AvgIpc) is 3.42. The van der Waals surface area contributed by atoms with Crippen LogP contribution in [0.4, 0.5) is 4.39 Å². The minimum Gasteiger partial charge on any atom is -0.356 e. The first-order valence-electron chi connectivity index (χ1n) is 11.1. The summed E-state index contributed by atoms with van der Waals surface area (Å²) >= 11 is 0. The molecule has 6 nitrogen and oxygen atoms in total. The maximum absolute atomic E-state index is 13.6. The number of nitrogens with one attached hydrogen (secondary N) is 2. The second-order valence-corrected chi connectivity index (χ2v) is 9.43. The van der Waals surface area contributed by atoms with Crippen LogP contribution in [-0.2, 0) is 15.0 Å². The summed E-state index contributed by atoms with van der Waals surface area (Å²) in [5.41, 5.74) is 0.634. The average molecular weight is 427 g/mol. The molecule has 0 aromatic heterocycles. The van der Waals surface area contributed by atoms with E-state index in [1.165, 1.54) is 11.0 Å². The van der Waals surface area contributed by atoms with E-state index in [1.54, 1.807) is 19.2 Å². The Morgan fingerprint density at radius 2 is 1.84 bits per heavy atom. The number of fused-ring (bicyclic) bond motifs is 5. The van der Waals surface area contributed by atoms with Crippen LogP contribution in [0.3, 0.4) is 0 Å². The van der Waals surface area contributed by atoms with Crippen LogP contribution in [-0.4, -0.2) is 49.4 Å². The van der Waals surface area contributed by atoms with E-state index in [1.807, 2.05) is 19.9 Å². The zero-order valence-electron chi connectivity index (χ0n) is 18.4. The van der Waals surface area contributed by atoms with Crippen molar-refractivity contribution < 1.29 is 14.0 Å². The van der Waals surface area contributed by atoms with Crippen LogP contribution in [0, 0.1) is 29.5 Å². The summed E-state index contributed by atoms with van der Waals surface area (Å²) in [7, 11) is 1.70. The standard InChI is InChI=1S/C24H31FN4O2/c1-24(2,17-6-4-7-18(25)13-17)14-28-23(26-3)27-10-5-11-29-21(30)19-15-8-9-16(12-15)20(19)22(29)31/h4,6-9,13,15-16,19-20H,5,10-12,14H2,1-3H3,(H2,26,27,28). The molecule has 1 saturated heterocycles. The van der Waals surface area contributed by atoms with Gasteiger partial charge in [0.15, 0.2) is 5.96 Å². The van der Waals surface area contributed by atoms with Gasteiger partial charge in [-0.2, -0.15) is 0 Å². The minimum absolute atomic E-state index is 0.00574. The Bertz CT molecular complexity index is 896. The first-order chi connectivity index (χ1) is 14.8. The zero-order chi connectivity index (χ0) is 22.2. The van der Waals surface area contributed by atoms with Crippen molar-refractivity contribution in [3.05, 3.63) is 47.8 Å². The second kappa shape index (κ2) is 8.44. The fourth-order valence-corrected chi connectivity index (χ4v) is 5.17. The van der Waals surface area contributed by atoms with Gasteiger partial charge in [-0.1, -0.05) is 38.1 Å². The maximum atomic E-state index is 13.6. The molecule has 7 heteroatoms. The molecule has 1 aliphatic heterocycles. The Kier molecular flexibility index (Phi) is 5.86. The molecule has 1 aromatic carbocycles. The number of carbonyl (C=O) groups excluding carboxylic acids is 2. The Balaban J connectivity index is 1.23. The lowest BCUT2D eigenvalue weighted by Gasteiger charge is -2.27. The summed E-state index contributed by atoms with van der Waals surface area (Å²) in [6.07, 6.45) is 5.84. The molecule has 1 saturated carbocycles. The number of nitrogens with zero attached hydrogens (tertiary/aromatic N) is 2. The summed E-state index contributed by atoms with van der Waals surface area (Å²) < 4.78 is 13.6. The Labute approximate surface area is 183 Å². The number of carbonyl (C=O) groups is 2. The molecule has 3 aliphatic rings. The Morgan fingerprint density at radius 3 is 2.45 bits per heavy atom. The van der Waals surface area contributed by atoms with Crippen LogP contribution >= 0.6 is 0 Å². The summed E-state index contributed by atoms with van der Waals surface area (Å²) in [5.74, 6) is 0.648. The van der Waals surface area contributed by atoms with Gasteiger partial charge in [-0.15, -0.1) is 0 Å². The van der Waals surface area contributed by atoms with Gasteiger partial charge in [0.05, 0.1) is 11.8 Å². The summed E-state index contributed by atoms with van der Waals surface area (Å²) in [6.45, 7) is 5.70. The molecule has 2 bridgehead atoms. The van der Waals surface area contributed by atoms with Gasteiger partial charge in [0.2, 0.25) is 11.8 Å². The van der Waals surface area contributed by atoms with Crippen molar-refractivity contribution in [1.29, 1.82) is 0 Å². The minimum atomic E-state index is -0.278. The molecule has 0 radical (unpaired) electrons. The van der Waals surface area contributed by atoms with Crippen LogP contribution in [0.1, 0.15) is 32.3 Å². The van der Waals surface area contributed by atoms with Gasteiger partial charge >= 0.3 is 0 Å². The molecular weight excluding hydrogens is 395 g/mol. The van der Waals surface area contributed by atoms with Crippen LogP contribution in [0.2, 0.25) is 0 Å². The number of aliphatic imine (C=N–C) groups is 1. The number of allylic oxidation sites excluding steroid dienone is 2. The number of halogens is 1. The molecule has 1 heterocycles. The molecule has 0 spiro atoms. The third-order valence-corrected chi connectivity index (χ3v) is 6.94. The molecule has 31 heavy (non-hydrogen) atoms. The lowest BCUT2D eigenvalue weighted by Crippen LogP contribution is -2.44. The highest BCUT2D eigenvalue weighted by molar-refractivity contribution is 6.06. The van der Waals surface area contributed by atoms with Crippen molar-refractivity contribution in [2.75, 3.05) is 26.7 Å². The van der Waals surface area contributed by atoms with E-state index in [0.29, 0.717) is 32.0 Å². The number of guanidine groups is 1. The van der Waals surface area contributed by atoms with E-state index in [4.69, 9.17) is 0 Å². The summed E-state index contributed by atoms with van der Waals surface area (Å²) in [5, 5.41) is 6.53. The second-order valence-electron chi connectivity index (χ2n) is 9.43. The smallest absolute Gasteiger partial charge is 0.233 e. The van der Waals surface area contributed by atoms with Gasteiger partial charge in [0, 0.05) is 32.1 Å². The fourth-order valence-electron chi connectivity index (χ4n) is 5.17. The molecule has 4 unspecified atom stereocenters. The Morgan fingerprint density at radius 1 is 1.16 bits per heavy atom. The van der Waals surface area contributed by atoms with E-state index in [-0.39, 0.29) is 46.7 Å². The summed E-state index contributed by atoms with van der Waals surface area (Å²) in [4.78, 5) is 31.2. The highest BCUT2D eigenvalue weighted by Crippen LogP contribution is 2.52. The van der Waals surface area contributed by atoms with E-state index in [9.17, 15) is 14.0 Å². The molecule has 4 atom stereocenters. The number of rotatable bonds is 7. The maximum Gasteiger partial charge on any atom is 0.233 e. The largest absolute Gasteiger partial charge is 0.356 e. The third-order valence-electron chi connectivity index (χ3n) is 6.94. The lowest BCUT2D eigenvalue weighted by molar-refractivity contribution is -0.140. The Hall–Kier alpha value is -2.70. The predicted molar refractivity (Wildman–Crippen MR) is 118 cm³/mol. The molecule has 4 rings (SSSR count). The number of hydrogen-bond acceptors (Lipinski definition) is 3. The normalized spacial score (nSPS) is 27.2. The van der Waals surface area contributed by atoms with E-state index in [0.717, 1.165) is 12.0 Å². The molecular formula is C24H31FN4O2. The molecule has 2 aliphatic carbocycles. The highest BCUT2D eigenvalue weighted by Gasteiger charge is 2.58. The summed E-state index contributed by atoms with van der Waals surface area (Å²) in [6, 6.07) is 6.63. The van der Waals surface area contributed by atoms with Gasteiger partial charge < -0.3 is 10.6 Å². The van der Waals surface area contributed by atoms with Crippen molar-refractivity contribution in [2.24, 2.45) is 28.7 Å². The fraction of sp³-hybridized carbons (Fsp3) is 0.542. The molecule has 2 fully saturated rings. The van der Waals surface area contributed by atoms with Crippen molar-refractivity contribution in [2.45, 2.75) is 32.1 Å². The quantitative estimate of drug-likeness (QED) is 0.231. The number of amides is 2. The zero-order valence-corrected chi connectivity index (χ0v) is 18.4. The van der Waals surface area contributed by atoms with Crippen molar-refractivity contribution in [3.8, 4) is 0 Å². The topological polar surface area (TPSA) is 73.8 Å². The van der Waals surface area contributed by atoms with Crippen molar-refractivity contribution in [1.82, 2.24) is 15.5 Å². The van der Waals surface area contributed by atoms with Crippen LogP contribution < -0.4 is 10.6 Å². The lowest BCUT2D eigenvalue weighted by atomic mass is 9.84. The number of hydrogen-bond donors (Lipinski definition) is 2. The van der Waals surface area contributed by atoms with Gasteiger partial charge in [-0.3, -0.25) is 19.5 Å². The number of imide groups is 1. The van der Waals surface area contributed by atoms with E-state index in [2.05, 4.69) is 27.8 Å². The van der Waals surface area contributed by atoms with E-state index < -0.39 is 0 Å². The van der Waals surface area contributed by atoms with Gasteiger partial charge in [0.1, 0.15) is 5.82 Å². The van der Waals surface area contributed by atoms with Crippen LogP contribution in [0.5, 0.6) is 0 Å². The van der Waals surface area contributed by atoms with Crippen molar-refractivity contribution >= 4 is 17.8 Å². The molecule has 2 amide bonds. The molecule has 1 aromatic rings. The number of benzene rings is 1. The molecule has 166 valence electrons. The number of likely N-dealkylation sites (tertiary alicyclic amines) is 1. The SMILES string of the molecule is CN=C(NCCCN1C(=O)C2C3C=CC(C3)C2C1=O)NCC(C)(C)c1cccc(F)c1. The first-order valence-corrected chi connectivity index (χ1v) is 11.1. The van der Waals surface area contributed by atoms with Crippen LogP contribution in [0.25, 0.3) is 0 Å². The highest BCUT2D eigenvalue weighted by atomic mass is 19.1. The van der Waals surface area contributed by atoms with Crippen LogP contribution in [0.15, 0.2) is 41.4 Å². The molecule has 2 N–H and O–H groups in total. The van der Waals surface area contributed by atoms with Gasteiger partial charge in [-0.25, -0.2) is 4.39 Å². The van der Waals surface area contributed by atoms with Crippen molar-refractivity contribution in [3.63, 3.8) is 0 Å². The third kappa shape index (κ3) is 4.10. The van der Waals surface area contributed by atoms with Gasteiger partial charge in [-0.05, 0) is 42.4 Å². The monoisotopic (exact) mass is 426 g/mol. The predicted octanol–water partition coefficient (Wildman–Crippen LogP) is 2.47. The van der Waals surface area contributed by atoms with E-state index >= 15 is 0 Å². The van der Waals surface area contributed by atoms with Gasteiger partial charge in [0.25, 0.3) is 0 Å². The first kappa shape index (κ1) is 21.5.